The first-order valence-electron chi connectivity index (χ1n) is 12.9. The van der Waals surface area contributed by atoms with Gasteiger partial charge in [-0.05, 0) is 16.7 Å². The molecule has 1 fully saturated rings. The van der Waals surface area contributed by atoms with Gasteiger partial charge in [0.25, 0.3) is 0 Å². The standard InChI is InChI=1S/C31H32O9/c1-20(32)37-27-26(40-30(35)29(39-22(3)34)28(27)38-21(2)33)19-36-31(23-13-7-4-8-14-23,24-15-9-5-10-16-24)25-17-11-6-12-18-25/h4-18,26-30,35H,19H2,1-3H3/t26-,27-,28+,29+,30-/m1/s1. The zero-order valence-corrected chi connectivity index (χ0v) is 22.5. The number of ether oxygens (including phenoxy) is 5. The van der Waals surface area contributed by atoms with E-state index in [0.717, 1.165) is 30.5 Å². The summed E-state index contributed by atoms with van der Waals surface area (Å²) in [4.78, 5) is 35.9. The van der Waals surface area contributed by atoms with Crippen molar-refractivity contribution in [1.82, 2.24) is 0 Å². The largest absolute Gasteiger partial charge is 0.456 e. The van der Waals surface area contributed by atoms with Crippen LogP contribution in [0.25, 0.3) is 0 Å². The van der Waals surface area contributed by atoms with E-state index in [2.05, 4.69) is 0 Å². The molecule has 5 atom stereocenters. The van der Waals surface area contributed by atoms with Crippen LogP contribution in [-0.4, -0.2) is 60.3 Å². The van der Waals surface area contributed by atoms with Gasteiger partial charge in [-0.1, -0.05) is 91.0 Å². The van der Waals surface area contributed by atoms with Crippen molar-refractivity contribution in [2.45, 2.75) is 57.1 Å². The SMILES string of the molecule is CC(=O)O[C@@H]1[C@H](OC(C)=O)[C@H](O)O[C@H](COC(c2ccccc2)(c2ccccc2)c2ccccc2)[C@H]1OC(C)=O. The predicted molar refractivity (Wildman–Crippen MR) is 143 cm³/mol. The second-order valence-electron chi connectivity index (χ2n) is 9.38. The van der Waals surface area contributed by atoms with Gasteiger partial charge in [0.05, 0.1) is 6.61 Å². The lowest BCUT2D eigenvalue weighted by atomic mass is 9.80. The molecule has 1 N–H and O–H groups in total. The fourth-order valence-electron chi connectivity index (χ4n) is 4.98. The summed E-state index contributed by atoms with van der Waals surface area (Å²) in [5.74, 6) is -2.15. The molecule has 0 radical (unpaired) electrons. The Morgan fingerprint density at radius 3 is 1.43 bits per heavy atom. The molecule has 0 bridgehead atoms. The minimum absolute atomic E-state index is 0.210. The first-order chi connectivity index (χ1) is 19.2. The van der Waals surface area contributed by atoms with Crippen LogP contribution in [0.5, 0.6) is 0 Å². The molecular formula is C31H32O9. The Labute approximate surface area is 232 Å². The molecule has 1 aliphatic heterocycles. The van der Waals surface area contributed by atoms with Crippen molar-refractivity contribution in [2.75, 3.05) is 6.61 Å². The average molecular weight is 549 g/mol. The lowest BCUT2D eigenvalue weighted by Gasteiger charge is -2.44. The average Bonchev–Trinajstić information content (AvgIpc) is 2.94. The fraction of sp³-hybridized carbons (Fsp3) is 0.323. The van der Waals surface area contributed by atoms with Crippen molar-refractivity contribution in [3.8, 4) is 0 Å². The van der Waals surface area contributed by atoms with Gasteiger partial charge in [-0.15, -0.1) is 0 Å². The van der Waals surface area contributed by atoms with Gasteiger partial charge in [-0.3, -0.25) is 14.4 Å². The number of esters is 3. The van der Waals surface area contributed by atoms with Gasteiger partial charge >= 0.3 is 17.9 Å². The molecule has 40 heavy (non-hydrogen) atoms. The number of hydrogen-bond acceptors (Lipinski definition) is 9. The molecule has 4 rings (SSSR count). The number of carbonyl (C=O) groups excluding carboxylic acids is 3. The number of aliphatic hydroxyl groups is 1. The van der Waals surface area contributed by atoms with Gasteiger partial charge < -0.3 is 28.8 Å². The van der Waals surface area contributed by atoms with Gasteiger partial charge in [-0.25, -0.2) is 0 Å². The van der Waals surface area contributed by atoms with E-state index >= 15 is 0 Å². The maximum absolute atomic E-state index is 12.1. The number of hydrogen-bond donors (Lipinski definition) is 1. The molecule has 1 aliphatic rings. The van der Waals surface area contributed by atoms with Crippen molar-refractivity contribution >= 4 is 17.9 Å². The Balaban J connectivity index is 1.79. The van der Waals surface area contributed by atoms with Crippen LogP contribution in [0.1, 0.15) is 37.5 Å². The maximum Gasteiger partial charge on any atom is 0.303 e. The molecule has 0 amide bonds. The lowest BCUT2D eigenvalue weighted by Crippen LogP contribution is -2.62. The normalized spacial score (nSPS) is 22.6. The molecule has 9 heteroatoms. The van der Waals surface area contributed by atoms with Gasteiger partial charge in [0.1, 0.15) is 11.7 Å². The quantitative estimate of drug-likeness (QED) is 0.244. The van der Waals surface area contributed by atoms with Crippen LogP contribution in [0, 0.1) is 0 Å². The maximum atomic E-state index is 12.1. The Morgan fingerprint density at radius 2 is 1.02 bits per heavy atom. The minimum atomic E-state index is -1.69. The molecule has 210 valence electrons. The second-order valence-corrected chi connectivity index (χ2v) is 9.38. The van der Waals surface area contributed by atoms with E-state index in [1.807, 2.05) is 91.0 Å². The molecule has 0 aliphatic carbocycles. The smallest absolute Gasteiger partial charge is 0.303 e. The Hall–Kier alpha value is -4.05. The molecule has 0 unspecified atom stereocenters. The summed E-state index contributed by atoms with van der Waals surface area (Å²) in [6.45, 7) is 3.28. The van der Waals surface area contributed by atoms with E-state index in [-0.39, 0.29) is 6.61 Å². The Kier molecular flexibility index (Phi) is 9.31. The zero-order valence-electron chi connectivity index (χ0n) is 22.5. The van der Waals surface area contributed by atoms with Crippen molar-refractivity contribution in [3.05, 3.63) is 108 Å². The summed E-state index contributed by atoms with van der Waals surface area (Å²) in [6.07, 6.45) is -6.82. The zero-order chi connectivity index (χ0) is 28.7. The number of aliphatic hydroxyl groups excluding tert-OH is 1. The van der Waals surface area contributed by atoms with Crippen molar-refractivity contribution in [2.24, 2.45) is 0 Å². The molecule has 1 heterocycles. The van der Waals surface area contributed by atoms with Gasteiger partial charge in [-0.2, -0.15) is 0 Å². The molecular weight excluding hydrogens is 516 g/mol. The van der Waals surface area contributed by atoms with Crippen LogP contribution < -0.4 is 0 Å². The molecule has 0 saturated carbocycles. The third-order valence-electron chi connectivity index (χ3n) is 6.52. The first-order valence-corrected chi connectivity index (χ1v) is 12.9. The van der Waals surface area contributed by atoms with Gasteiger partial charge in [0, 0.05) is 20.8 Å². The number of carbonyl (C=O) groups is 3. The summed E-state index contributed by atoms with van der Waals surface area (Å²) in [5.41, 5.74) is 1.33. The molecule has 0 aromatic heterocycles. The highest BCUT2D eigenvalue weighted by molar-refractivity contribution is 5.68. The highest BCUT2D eigenvalue weighted by Crippen LogP contribution is 2.41. The Bertz CT molecular complexity index is 1180. The second kappa shape index (κ2) is 12.9. The van der Waals surface area contributed by atoms with Crippen LogP contribution in [-0.2, 0) is 43.7 Å². The van der Waals surface area contributed by atoms with E-state index in [0.29, 0.717) is 0 Å². The summed E-state index contributed by atoms with van der Waals surface area (Å²) in [7, 11) is 0. The fourth-order valence-corrected chi connectivity index (χ4v) is 4.98. The molecule has 1 saturated heterocycles. The predicted octanol–water partition coefficient (Wildman–Crippen LogP) is 3.51. The van der Waals surface area contributed by atoms with Crippen LogP contribution >= 0.6 is 0 Å². The highest BCUT2D eigenvalue weighted by atomic mass is 16.7. The van der Waals surface area contributed by atoms with E-state index in [4.69, 9.17) is 23.7 Å². The lowest BCUT2D eigenvalue weighted by molar-refractivity contribution is -0.299. The third-order valence-corrected chi connectivity index (χ3v) is 6.52. The summed E-state index contributed by atoms with van der Waals surface area (Å²) >= 11 is 0. The van der Waals surface area contributed by atoms with E-state index in [1.165, 1.54) is 6.92 Å². The summed E-state index contributed by atoms with van der Waals surface area (Å²) in [5, 5.41) is 10.8. The molecule has 0 spiro atoms. The van der Waals surface area contributed by atoms with Gasteiger partial charge in [0.15, 0.2) is 24.6 Å². The number of rotatable bonds is 9. The van der Waals surface area contributed by atoms with Crippen molar-refractivity contribution in [1.29, 1.82) is 0 Å². The topological polar surface area (TPSA) is 118 Å². The van der Waals surface area contributed by atoms with Crippen LogP contribution in [0.15, 0.2) is 91.0 Å². The monoisotopic (exact) mass is 548 g/mol. The molecule has 3 aromatic carbocycles. The van der Waals surface area contributed by atoms with E-state index in [1.54, 1.807) is 0 Å². The highest BCUT2D eigenvalue weighted by Gasteiger charge is 2.52. The van der Waals surface area contributed by atoms with E-state index < -0.39 is 54.2 Å². The van der Waals surface area contributed by atoms with Crippen LogP contribution in [0.2, 0.25) is 0 Å². The third kappa shape index (κ3) is 6.39. The summed E-state index contributed by atoms with van der Waals surface area (Å²) in [6, 6.07) is 28.8. The molecule has 9 nitrogen and oxygen atoms in total. The first kappa shape index (κ1) is 28.9. The Morgan fingerprint density at radius 1 is 0.650 bits per heavy atom. The van der Waals surface area contributed by atoms with Crippen LogP contribution in [0.4, 0.5) is 0 Å². The minimum Gasteiger partial charge on any atom is -0.456 e. The molecule has 3 aromatic rings. The van der Waals surface area contributed by atoms with Gasteiger partial charge in [0.2, 0.25) is 0 Å². The number of benzene rings is 3. The van der Waals surface area contributed by atoms with Crippen LogP contribution in [0.3, 0.4) is 0 Å². The van der Waals surface area contributed by atoms with E-state index in [9.17, 15) is 19.5 Å². The van der Waals surface area contributed by atoms with Crippen molar-refractivity contribution < 1.29 is 43.2 Å². The van der Waals surface area contributed by atoms with Crippen molar-refractivity contribution in [3.63, 3.8) is 0 Å². The summed E-state index contributed by atoms with van der Waals surface area (Å²) < 4.78 is 28.8.